The van der Waals surface area contributed by atoms with E-state index in [1.807, 2.05) is 0 Å². The van der Waals surface area contributed by atoms with Gasteiger partial charge in [0.15, 0.2) is 0 Å². The number of nitrogens with one attached hydrogen (secondary N) is 1. The van der Waals surface area contributed by atoms with Crippen molar-refractivity contribution >= 4 is 22.4 Å². The second kappa shape index (κ2) is 6.63. The number of hydrogen-bond donors (Lipinski definition) is 2. The van der Waals surface area contributed by atoms with E-state index in [4.69, 9.17) is 0 Å². The molecule has 1 aromatic heterocycles. The number of aliphatic hydroxyl groups is 1. The summed E-state index contributed by atoms with van der Waals surface area (Å²) in [4.78, 5) is 12.0. The van der Waals surface area contributed by atoms with Crippen molar-refractivity contribution in [2.24, 2.45) is 5.92 Å². The minimum atomic E-state index is -0.826. The summed E-state index contributed by atoms with van der Waals surface area (Å²) in [5, 5.41) is 22.6. The predicted octanol–water partition coefficient (Wildman–Crippen LogP) is 2.76. The van der Waals surface area contributed by atoms with E-state index < -0.39 is 5.60 Å². The molecule has 1 aliphatic carbocycles. The molecule has 0 atom stereocenters. The Morgan fingerprint density at radius 2 is 2.05 bits per heavy atom. The topological polar surface area (TPSA) is 75.1 Å². The quantitative estimate of drug-likeness (QED) is 0.876. The molecule has 0 saturated heterocycles. The van der Waals surface area contributed by atoms with Crippen LogP contribution in [0.5, 0.6) is 0 Å². The Kier molecular flexibility index (Phi) is 5.10. The minimum absolute atomic E-state index is 0.159. The number of aromatic nitrogens is 2. The zero-order valence-corrected chi connectivity index (χ0v) is 13.0. The van der Waals surface area contributed by atoms with Gasteiger partial charge in [0.05, 0.1) is 12.0 Å². The van der Waals surface area contributed by atoms with Gasteiger partial charge in [-0.1, -0.05) is 44.4 Å². The molecule has 0 radical (unpaired) electrons. The first-order valence-corrected chi connectivity index (χ1v) is 8.13. The fraction of sp³-hybridized carbons (Fsp3) is 0.786. The van der Waals surface area contributed by atoms with Crippen molar-refractivity contribution in [3.63, 3.8) is 0 Å². The summed E-state index contributed by atoms with van der Waals surface area (Å²) in [5.74, 6) is 0.357. The van der Waals surface area contributed by atoms with E-state index >= 15 is 0 Å². The lowest BCUT2D eigenvalue weighted by atomic mass is 9.82. The van der Waals surface area contributed by atoms with Gasteiger partial charge in [-0.05, 0) is 18.8 Å². The van der Waals surface area contributed by atoms with E-state index in [1.54, 1.807) is 0 Å². The molecule has 1 amide bonds. The molecule has 0 aliphatic heterocycles. The third-order valence-corrected chi connectivity index (χ3v) is 4.43. The second-order valence-electron chi connectivity index (χ2n) is 6.11. The molecule has 1 aliphatic rings. The fourth-order valence-corrected chi connectivity index (χ4v) is 3.55. The van der Waals surface area contributed by atoms with Crippen LogP contribution in [0.2, 0.25) is 0 Å². The molecular formula is C14H23N3O2S. The largest absolute Gasteiger partial charge is 0.389 e. The molecule has 2 rings (SSSR count). The molecule has 0 spiro atoms. The van der Waals surface area contributed by atoms with Crippen molar-refractivity contribution in [3.05, 3.63) is 5.01 Å². The van der Waals surface area contributed by atoms with Crippen LogP contribution in [0.25, 0.3) is 0 Å². The third-order valence-electron chi connectivity index (χ3n) is 3.57. The smallest absolute Gasteiger partial charge is 0.229 e. The number of amides is 1. The number of carbonyl (C=O) groups excluding carboxylic acids is 1. The summed E-state index contributed by atoms with van der Waals surface area (Å²) in [6.07, 6.45) is 5.62. The number of hydrogen-bond acceptors (Lipinski definition) is 5. The molecule has 6 heteroatoms. The van der Waals surface area contributed by atoms with E-state index in [0.29, 0.717) is 11.0 Å². The molecule has 1 fully saturated rings. The Hall–Kier alpha value is -1.01. The van der Waals surface area contributed by atoms with Gasteiger partial charge < -0.3 is 10.4 Å². The first kappa shape index (κ1) is 15.4. The third kappa shape index (κ3) is 4.52. The van der Waals surface area contributed by atoms with Gasteiger partial charge in [-0.25, -0.2) is 0 Å². The Bertz CT molecular complexity index is 453. The first-order valence-electron chi connectivity index (χ1n) is 7.31. The van der Waals surface area contributed by atoms with Gasteiger partial charge in [0.2, 0.25) is 11.0 Å². The van der Waals surface area contributed by atoms with Crippen molar-refractivity contribution in [1.82, 2.24) is 10.2 Å². The highest BCUT2D eigenvalue weighted by Gasteiger charge is 2.31. The molecule has 0 aromatic carbocycles. The maximum atomic E-state index is 12.0. The van der Waals surface area contributed by atoms with Crippen LogP contribution in [0, 0.1) is 5.92 Å². The molecule has 0 unspecified atom stereocenters. The lowest BCUT2D eigenvalue weighted by molar-refractivity contribution is -0.122. The molecule has 5 nitrogen and oxygen atoms in total. The van der Waals surface area contributed by atoms with E-state index in [9.17, 15) is 9.90 Å². The van der Waals surface area contributed by atoms with Gasteiger partial charge in [0, 0.05) is 6.42 Å². The molecule has 1 aromatic rings. The fourth-order valence-electron chi connectivity index (χ4n) is 2.58. The highest BCUT2D eigenvalue weighted by atomic mass is 32.1. The lowest BCUT2D eigenvalue weighted by Gasteiger charge is -2.31. The Labute approximate surface area is 123 Å². The van der Waals surface area contributed by atoms with Crippen molar-refractivity contribution in [3.8, 4) is 0 Å². The Morgan fingerprint density at radius 3 is 2.70 bits per heavy atom. The highest BCUT2D eigenvalue weighted by Crippen LogP contribution is 2.31. The molecule has 20 heavy (non-hydrogen) atoms. The molecule has 1 saturated carbocycles. The minimum Gasteiger partial charge on any atom is -0.389 e. The number of nitrogens with zero attached hydrogens (tertiary/aromatic N) is 2. The van der Waals surface area contributed by atoms with Crippen LogP contribution in [-0.2, 0) is 11.2 Å². The monoisotopic (exact) mass is 297 g/mol. The average Bonchev–Trinajstić information content (AvgIpc) is 2.75. The summed E-state index contributed by atoms with van der Waals surface area (Å²) in [5.41, 5.74) is -0.826. The summed E-state index contributed by atoms with van der Waals surface area (Å²) >= 11 is 1.41. The SMILES string of the molecule is CC(C)Cc1nnc(NC(=O)CC2(O)CCCCC2)s1. The molecule has 0 bridgehead atoms. The van der Waals surface area contributed by atoms with Crippen molar-refractivity contribution in [2.45, 2.75) is 64.4 Å². The molecule has 1 heterocycles. The van der Waals surface area contributed by atoms with Gasteiger partial charge in [-0.2, -0.15) is 0 Å². The molecular weight excluding hydrogens is 274 g/mol. The van der Waals surface area contributed by atoms with E-state index in [0.717, 1.165) is 43.5 Å². The van der Waals surface area contributed by atoms with Crippen LogP contribution in [-0.4, -0.2) is 26.8 Å². The van der Waals surface area contributed by atoms with Crippen molar-refractivity contribution in [1.29, 1.82) is 0 Å². The Balaban J connectivity index is 1.86. The van der Waals surface area contributed by atoms with Crippen LogP contribution < -0.4 is 5.32 Å². The summed E-state index contributed by atoms with van der Waals surface area (Å²) in [7, 11) is 0. The van der Waals surface area contributed by atoms with E-state index in [-0.39, 0.29) is 12.3 Å². The van der Waals surface area contributed by atoms with Gasteiger partial charge in [0.25, 0.3) is 0 Å². The zero-order chi connectivity index (χ0) is 14.6. The molecule has 112 valence electrons. The van der Waals surface area contributed by atoms with Crippen LogP contribution in [0.3, 0.4) is 0 Å². The normalized spacial score (nSPS) is 18.2. The van der Waals surface area contributed by atoms with E-state index in [2.05, 4.69) is 29.4 Å². The highest BCUT2D eigenvalue weighted by molar-refractivity contribution is 7.15. The number of carbonyl (C=O) groups is 1. The Morgan fingerprint density at radius 1 is 1.35 bits per heavy atom. The summed E-state index contributed by atoms with van der Waals surface area (Å²) in [6.45, 7) is 4.25. The van der Waals surface area contributed by atoms with Gasteiger partial charge in [0.1, 0.15) is 5.01 Å². The van der Waals surface area contributed by atoms with E-state index in [1.165, 1.54) is 11.3 Å². The van der Waals surface area contributed by atoms with Crippen LogP contribution >= 0.6 is 11.3 Å². The molecule has 2 N–H and O–H groups in total. The van der Waals surface area contributed by atoms with Gasteiger partial charge >= 0.3 is 0 Å². The lowest BCUT2D eigenvalue weighted by Crippen LogP contribution is -2.35. The maximum absolute atomic E-state index is 12.0. The number of anilines is 1. The van der Waals surface area contributed by atoms with Gasteiger partial charge in [-0.15, -0.1) is 10.2 Å². The summed E-state index contributed by atoms with van der Waals surface area (Å²) in [6, 6.07) is 0. The predicted molar refractivity (Wildman–Crippen MR) is 79.7 cm³/mol. The van der Waals surface area contributed by atoms with Crippen molar-refractivity contribution in [2.75, 3.05) is 5.32 Å². The maximum Gasteiger partial charge on any atom is 0.229 e. The average molecular weight is 297 g/mol. The first-order chi connectivity index (χ1) is 9.47. The zero-order valence-electron chi connectivity index (χ0n) is 12.2. The number of rotatable bonds is 5. The summed E-state index contributed by atoms with van der Waals surface area (Å²) < 4.78 is 0. The van der Waals surface area contributed by atoms with Crippen molar-refractivity contribution < 1.29 is 9.90 Å². The second-order valence-corrected chi connectivity index (χ2v) is 7.17. The van der Waals surface area contributed by atoms with Crippen LogP contribution in [0.15, 0.2) is 0 Å². The standard InChI is InChI=1S/C14H23N3O2S/c1-10(2)8-12-16-17-13(20-12)15-11(18)9-14(19)6-4-3-5-7-14/h10,19H,3-9H2,1-2H3,(H,15,17,18). The van der Waals surface area contributed by atoms with Gasteiger partial charge in [-0.3, -0.25) is 4.79 Å². The van der Waals surface area contributed by atoms with Crippen LogP contribution in [0.1, 0.15) is 57.4 Å². The van der Waals surface area contributed by atoms with Crippen LogP contribution in [0.4, 0.5) is 5.13 Å².